The molecule has 0 saturated carbocycles. The molecule has 1 N–H and O–H groups in total. The van der Waals surface area contributed by atoms with Crippen LogP contribution in [0.2, 0.25) is 0 Å². The number of hydrogen-bond acceptors (Lipinski definition) is 7. The van der Waals surface area contributed by atoms with Gasteiger partial charge in [0.15, 0.2) is 17.3 Å². The number of aromatic hydroxyl groups is 1. The van der Waals surface area contributed by atoms with Gasteiger partial charge in [0.2, 0.25) is 11.8 Å². The summed E-state index contributed by atoms with van der Waals surface area (Å²) in [5.74, 6) is 1.13. The Balaban J connectivity index is 1.40. The van der Waals surface area contributed by atoms with Gasteiger partial charge in [-0.2, -0.15) is 0 Å². The predicted octanol–water partition coefficient (Wildman–Crippen LogP) is 4.22. The van der Waals surface area contributed by atoms with Crippen molar-refractivity contribution in [1.29, 1.82) is 0 Å². The van der Waals surface area contributed by atoms with E-state index in [1.807, 2.05) is 54.6 Å². The molecule has 0 radical (unpaired) electrons. The molecule has 170 valence electrons. The molecule has 0 fully saturated rings. The number of hydrogen-bond donors (Lipinski definition) is 1. The molecule has 0 saturated heterocycles. The molecule has 0 spiro atoms. The minimum absolute atomic E-state index is 0.159. The minimum Gasteiger partial charge on any atom is -0.493 e. The summed E-state index contributed by atoms with van der Waals surface area (Å²) in [4.78, 5) is 15.9. The predicted molar refractivity (Wildman–Crippen MR) is 122 cm³/mol. The van der Waals surface area contributed by atoms with Crippen molar-refractivity contribution in [2.45, 2.75) is 19.4 Å². The smallest absolute Gasteiger partial charge is 0.421 e. The lowest BCUT2D eigenvalue weighted by atomic mass is 10.1. The number of methoxy groups -OCH3 is 1. The Morgan fingerprint density at radius 3 is 2.64 bits per heavy atom. The van der Waals surface area contributed by atoms with E-state index in [4.69, 9.17) is 18.3 Å². The van der Waals surface area contributed by atoms with Gasteiger partial charge in [-0.05, 0) is 35.8 Å². The van der Waals surface area contributed by atoms with Crippen LogP contribution in [0.5, 0.6) is 17.4 Å². The Morgan fingerprint density at radius 1 is 1.09 bits per heavy atom. The zero-order valence-corrected chi connectivity index (χ0v) is 18.4. The molecular formula is C25H24N2O6. The minimum atomic E-state index is -0.591. The molecule has 2 heterocycles. The molecule has 0 aliphatic carbocycles. The van der Waals surface area contributed by atoms with E-state index in [1.54, 1.807) is 19.4 Å². The molecule has 4 aromatic rings. The van der Waals surface area contributed by atoms with Gasteiger partial charge >= 0.3 is 5.76 Å². The summed E-state index contributed by atoms with van der Waals surface area (Å²) in [6, 6.07) is 15.4. The van der Waals surface area contributed by atoms with Crippen LogP contribution in [0.15, 0.2) is 68.4 Å². The Labute approximate surface area is 190 Å². The Morgan fingerprint density at radius 2 is 1.91 bits per heavy atom. The van der Waals surface area contributed by atoms with Gasteiger partial charge in [0, 0.05) is 19.5 Å². The van der Waals surface area contributed by atoms with Gasteiger partial charge < -0.3 is 23.4 Å². The van der Waals surface area contributed by atoms with E-state index in [1.165, 1.54) is 7.05 Å². The third kappa shape index (κ3) is 5.35. The first-order chi connectivity index (χ1) is 16.0. The third-order valence-corrected chi connectivity index (χ3v) is 5.08. The number of benzene rings is 2. The maximum atomic E-state index is 11.5. The largest absolute Gasteiger partial charge is 0.493 e. The molecule has 4 rings (SSSR count). The highest BCUT2D eigenvalue weighted by Gasteiger charge is 2.14. The quantitative estimate of drug-likeness (QED) is 0.409. The van der Waals surface area contributed by atoms with Crippen LogP contribution in [0.1, 0.15) is 28.5 Å². The van der Waals surface area contributed by atoms with Crippen molar-refractivity contribution in [2.75, 3.05) is 7.11 Å². The molecule has 0 aliphatic rings. The van der Waals surface area contributed by atoms with Gasteiger partial charge in [-0.25, -0.2) is 14.3 Å². The van der Waals surface area contributed by atoms with E-state index in [-0.39, 0.29) is 18.2 Å². The molecule has 8 nitrogen and oxygen atoms in total. The van der Waals surface area contributed by atoms with Gasteiger partial charge in [0.25, 0.3) is 0 Å². The standard InChI is InChI=1S/C25H24N2O6/c1-27-24(28)21(33-25(27)29)12-9-18-8-11-20(30-2)22(14-18)31-15-19-16-32-23(26-19)13-10-17-6-4-3-5-7-17/h3-8,10-11,13-14,16,28H,9,12,15H2,1-2H3. The summed E-state index contributed by atoms with van der Waals surface area (Å²) in [6.45, 7) is 0.205. The van der Waals surface area contributed by atoms with E-state index < -0.39 is 5.76 Å². The van der Waals surface area contributed by atoms with E-state index in [9.17, 15) is 9.90 Å². The highest BCUT2D eigenvalue weighted by molar-refractivity contribution is 5.65. The Bertz CT molecular complexity index is 1300. The van der Waals surface area contributed by atoms with Crippen LogP contribution in [0, 0.1) is 0 Å². The van der Waals surface area contributed by atoms with Crippen LogP contribution in [0.4, 0.5) is 0 Å². The summed E-state index contributed by atoms with van der Waals surface area (Å²) in [6.07, 6.45) is 6.20. The van der Waals surface area contributed by atoms with Crippen molar-refractivity contribution in [3.8, 4) is 17.4 Å². The zero-order chi connectivity index (χ0) is 23.2. The number of oxazole rings is 2. The van der Waals surface area contributed by atoms with E-state index in [0.717, 1.165) is 15.7 Å². The van der Waals surface area contributed by atoms with Gasteiger partial charge in [-0.1, -0.05) is 36.4 Å². The molecular weight excluding hydrogens is 424 g/mol. The number of rotatable bonds is 9. The average molecular weight is 448 g/mol. The van der Waals surface area contributed by atoms with Crippen molar-refractivity contribution in [2.24, 2.45) is 7.05 Å². The normalized spacial score (nSPS) is 11.2. The summed E-state index contributed by atoms with van der Waals surface area (Å²) < 4.78 is 23.0. The molecule has 0 aliphatic heterocycles. The van der Waals surface area contributed by atoms with Crippen molar-refractivity contribution in [3.63, 3.8) is 0 Å². The van der Waals surface area contributed by atoms with Crippen LogP contribution in [0.3, 0.4) is 0 Å². The number of nitrogens with zero attached hydrogens (tertiary/aromatic N) is 2. The number of aromatic nitrogens is 2. The molecule has 0 bridgehead atoms. The highest BCUT2D eigenvalue weighted by atomic mass is 16.5. The number of ether oxygens (including phenoxy) is 2. The molecule has 0 atom stereocenters. The fraction of sp³-hybridized carbons (Fsp3) is 0.200. The highest BCUT2D eigenvalue weighted by Crippen LogP contribution is 2.30. The van der Waals surface area contributed by atoms with Crippen LogP contribution in [-0.4, -0.2) is 21.8 Å². The summed E-state index contributed by atoms with van der Waals surface area (Å²) in [7, 11) is 3.03. The lowest BCUT2D eigenvalue weighted by Crippen LogP contribution is -2.07. The van der Waals surface area contributed by atoms with Gasteiger partial charge in [-0.15, -0.1) is 0 Å². The van der Waals surface area contributed by atoms with Crippen molar-refractivity contribution < 1.29 is 23.4 Å². The second-order valence-corrected chi connectivity index (χ2v) is 7.37. The Kier molecular flexibility index (Phi) is 6.64. The van der Waals surface area contributed by atoms with Crippen LogP contribution in [0.25, 0.3) is 12.2 Å². The molecule has 2 aromatic heterocycles. The van der Waals surface area contributed by atoms with E-state index >= 15 is 0 Å². The van der Waals surface area contributed by atoms with Gasteiger partial charge in [0.1, 0.15) is 18.6 Å². The van der Waals surface area contributed by atoms with Crippen molar-refractivity contribution >= 4 is 12.2 Å². The molecule has 2 aromatic carbocycles. The van der Waals surface area contributed by atoms with Crippen molar-refractivity contribution in [3.05, 3.63) is 93.8 Å². The lowest BCUT2D eigenvalue weighted by Gasteiger charge is -2.11. The van der Waals surface area contributed by atoms with Crippen LogP contribution >= 0.6 is 0 Å². The van der Waals surface area contributed by atoms with Crippen LogP contribution < -0.4 is 15.2 Å². The molecule has 33 heavy (non-hydrogen) atoms. The number of aryl methyl sites for hydroxylation is 2. The zero-order valence-electron chi connectivity index (χ0n) is 18.4. The summed E-state index contributed by atoms with van der Waals surface area (Å²) >= 11 is 0. The SMILES string of the molecule is COc1ccc(CCc2oc(=O)n(C)c2O)cc1OCc1coc(C=Cc2ccccc2)n1. The first-order valence-electron chi connectivity index (χ1n) is 10.4. The maximum absolute atomic E-state index is 11.5. The summed E-state index contributed by atoms with van der Waals surface area (Å²) in [5, 5.41) is 9.95. The second-order valence-electron chi connectivity index (χ2n) is 7.37. The van der Waals surface area contributed by atoms with E-state index in [2.05, 4.69) is 4.98 Å². The fourth-order valence-corrected chi connectivity index (χ4v) is 3.25. The van der Waals surface area contributed by atoms with E-state index in [0.29, 0.717) is 35.9 Å². The van der Waals surface area contributed by atoms with Gasteiger partial charge in [0.05, 0.1) is 7.11 Å². The summed E-state index contributed by atoms with van der Waals surface area (Å²) in [5.41, 5.74) is 2.63. The topological polar surface area (TPSA) is 99.9 Å². The van der Waals surface area contributed by atoms with Crippen molar-refractivity contribution in [1.82, 2.24) is 9.55 Å². The first-order valence-corrected chi connectivity index (χ1v) is 10.4. The molecule has 0 unspecified atom stereocenters. The average Bonchev–Trinajstić information content (AvgIpc) is 3.40. The lowest BCUT2D eigenvalue weighted by molar-refractivity contribution is 0.280. The maximum Gasteiger partial charge on any atom is 0.421 e. The second kappa shape index (κ2) is 9.95. The van der Waals surface area contributed by atoms with Gasteiger partial charge in [-0.3, -0.25) is 0 Å². The molecule has 0 amide bonds. The molecule has 8 heteroatoms. The Hall–Kier alpha value is -4.20. The van der Waals surface area contributed by atoms with Crippen LogP contribution in [-0.2, 0) is 26.5 Å². The fourth-order valence-electron chi connectivity index (χ4n) is 3.25. The monoisotopic (exact) mass is 448 g/mol. The third-order valence-electron chi connectivity index (χ3n) is 5.08. The first kappa shape index (κ1) is 22.0.